The zero-order valence-electron chi connectivity index (χ0n) is 13.1. The molecular formula is C14H25N3O3S. The number of hydrogen-bond acceptors (Lipinski definition) is 5. The minimum absolute atomic E-state index is 0.175. The quantitative estimate of drug-likeness (QED) is 0.727. The first-order valence-electron chi connectivity index (χ1n) is 6.99. The van der Waals surface area contributed by atoms with Crippen LogP contribution in [0.2, 0.25) is 0 Å². The zero-order valence-corrected chi connectivity index (χ0v) is 14.0. The van der Waals surface area contributed by atoms with Crippen molar-refractivity contribution in [1.82, 2.24) is 9.71 Å². The Morgan fingerprint density at radius 1 is 1.38 bits per heavy atom. The molecule has 0 fully saturated rings. The van der Waals surface area contributed by atoms with E-state index in [-0.39, 0.29) is 10.3 Å². The smallest absolute Gasteiger partial charge is 0.244 e. The Labute approximate surface area is 127 Å². The highest BCUT2D eigenvalue weighted by Crippen LogP contribution is 2.22. The highest BCUT2D eigenvalue weighted by atomic mass is 32.2. The van der Waals surface area contributed by atoms with Crippen LogP contribution < -0.4 is 10.0 Å². The van der Waals surface area contributed by atoms with Crippen molar-refractivity contribution < 1.29 is 13.2 Å². The van der Waals surface area contributed by atoms with Gasteiger partial charge >= 0.3 is 0 Å². The summed E-state index contributed by atoms with van der Waals surface area (Å²) in [6, 6.07) is 1.66. The summed E-state index contributed by atoms with van der Waals surface area (Å²) in [6.45, 7) is 7.51. The lowest BCUT2D eigenvalue weighted by atomic mass is 9.90. The summed E-state index contributed by atoms with van der Waals surface area (Å²) in [5.41, 5.74) is 0.388. The van der Waals surface area contributed by atoms with Crippen LogP contribution >= 0.6 is 0 Å². The molecule has 0 spiro atoms. The molecule has 21 heavy (non-hydrogen) atoms. The molecule has 0 atom stereocenters. The number of nitrogens with zero attached hydrogens (tertiary/aromatic N) is 1. The van der Waals surface area contributed by atoms with Gasteiger partial charge in [-0.2, -0.15) is 0 Å². The SMILES string of the molecule is CCNc1ccncc1S(=O)(=O)NCC(C)(C)CCOC. The van der Waals surface area contributed by atoms with E-state index < -0.39 is 10.0 Å². The van der Waals surface area contributed by atoms with Crippen molar-refractivity contribution in [2.24, 2.45) is 5.41 Å². The predicted molar refractivity (Wildman–Crippen MR) is 83.9 cm³/mol. The largest absolute Gasteiger partial charge is 0.385 e. The Kier molecular flexibility index (Phi) is 6.57. The summed E-state index contributed by atoms with van der Waals surface area (Å²) >= 11 is 0. The Morgan fingerprint density at radius 3 is 2.71 bits per heavy atom. The number of rotatable bonds is 9. The molecular weight excluding hydrogens is 290 g/mol. The molecule has 7 heteroatoms. The topological polar surface area (TPSA) is 80.3 Å². The van der Waals surface area contributed by atoms with Gasteiger partial charge in [0.1, 0.15) is 4.90 Å². The number of hydrogen-bond donors (Lipinski definition) is 2. The van der Waals surface area contributed by atoms with Gasteiger partial charge in [0, 0.05) is 39.2 Å². The molecule has 1 aromatic rings. The van der Waals surface area contributed by atoms with Crippen LogP contribution in [0, 0.1) is 5.41 Å². The molecule has 1 aromatic heterocycles. The maximum absolute atomic E-state index is 12.4. The van der Waals surface area contributed by atoms with Gasteiger partial charge in [-0.3, -0.25) is 4.98 Å². The zero-order chi connectivity index (χ0) is 15.9. The Hall–Kier alpha value is -1.18. The lowest BCUT2D eigenvalue weighted by Crippen LogP contribution is -2.35. The number of pyridine rings is 1. The van der Waals surface area contributed by atoms with Crippen LogP contribution in [0.15, 0.2) is 23.4 Å². The third-order valence-electron chi connectivity index (χ3n) is 3.16. The minimum atomic E-state index is -3.59. The fourth-order valence-corrected chi connectivity index (χ4v) is 3.13. The third kappa shape index (κ3) is 5.61. The van der Waals surface area contributed by atoms with Crippen LogP contribution in [0.3, 0.4) is 0 Å². The summed E-state index contributed by atoms with van der Waals surface area (Å²) in [4.78, 5) is 4.08. The van der Waals surface area contributed by atoms with Gasteiger partial charge in [0.25, 0.3) is 0 Å². The van der Waals surface area contributed by atoms with Crippen LogP contribution in [0.25, 0.3) is 0 Å². The highest BCUT2D eigenvalue weighted by molar-refractivity contribution is 7.89. The van der Waals surface area contributed by atoms with Crippen molar-refractivity contribution in [3.63, 3.8) is 0 Å². The standard InChI is InChI=1S/C14H25N3O3S/c1-5-16-12-6-8-15-10-13(12)21(18,19)17-11-14(2,3)7-9-20-4/h6,8,10,17H,5,7,9,11H2,1-4H3,(H,15,16). The second-order valence-electron chi connectivity index (χ2n) is 5.63. The van der Waals surface area contributed by atoms with Gasteiger partial charge in [0.05, 0.1) is 5.69 Å². The van der Waals surface area contributed by atoms with E-state index in [1.54, 1.807) is 19.4 Å². The molecule has 1 heterocycles. The summed E-state index contributed by atoms with van der Waals surface area (Å²) in [7, 11) is -1.95. The van der Waals surface area contributed by atoms with Crippen molar-refractivity contribution in [2.75, 3.05) is 32.1 Å². The minimum Gasteiger partial charge on any atom is -0.385 e. The van der Waals surface area contributed by atoms with Crippen LogP contribution in [-0.4, -0.2) is 40.2 Å². The molecule has 1 rings (SSSR count). The molecule has 0 saturated heterocycles. The molecule has 0 aliphatic rings. The van der Waals surface area contributed by atoms with Crippen LogP contribution in [0.4, 0.5) is 5.69 Å². The van der Waals surface area contributed by atoms with E-state index >= 15 is 0 Å². The normalized spacial score (nSPS) is 12.4. The third-order valence-corrected chi connectivity index (χ3v) is 4.59. The number of nitrogens with one attached hydrogen (secondary N) is 2. The van der Waals surface area contributed by atoms with Gasteiger partial charge in [-0.25, -0.2) is 13.1 Å². The monoisotopic (exact) mass is 315 g/mol. The first kappa shape index (κ1) is 17.9. The van der Waals surface area contributed by atoms with Crippen molar-refractivity contribution in [2.45, 2.75) is 32.1 Å². The van der Waals surface area contributed by atoms with Crippen molar-refractivity contribution in [3.8, 4) is 0 Å². The molecule has 2 N–H and O–H groups in total. The van der Waals surface area contributed by atoms with Gasteiger partial charge in [-0.05, 0) is 24.8 Å². The number of anilines is 1. The van der Waals surface area contributed by atoms with Crippen LogP contribution in [0.5, 0.6) is 0 Å². The van der Waals surface area contributed by atoms with E-state index in [9.17, 15) is 8.42 Å². The molecule has 6 nitrogen and oxygen atoms in total. The molecule has 0 bridgehead atoms. The fraction of sp³-hybridized carbons (Fsp3) is 0.643. The highest BCUT2D eigenvalue weighted by Gasteiger charge is 2.24. The van der Waals surface area contributed by atoms with Gasteiger partial charge in [0.15, 0.2) is 0 Å². The Bertz CT molecular complexity index is 544. The first-order chi connectivity index (χ1) is 9.82. The van der Waals surface area contributed by atoms with E-state index in [0.29, 0.717) is 25.4 Å². The van der Waals surface area contributed by atoms with E-state index in [0.717, 1.165) is 6.42 Å². The van der Waals surface area contributed by atoms with Crippen molar-refractivity contribution in [1.29, 1.82) is 0 Å². The molecule has 0 amide bonds. The molecule has 0 aromatic carbocycles. The number of ether oxygens (including phenoxy) is 1. The maximum atomic E-state index is 12.4. The molecule has 0 saturated carbocycles. The summed E-state index contributed by atoms with van der Waals surface area (Å²) < 4.78 is 32.6. The number of aromatic nitrogens is 1. The summed E-state index contributed by atoms with van der Waals surface area (Å²) in [5, 5.41) is 3.03. The second kappa shape index (κ2) is 7.72. The first-order valence-corrected chi connectivity index (χ1v) is 8.47. The lowest BCUT2D eigenvalue weighted by Gasteiger charge is -2.24. The molecule has 0 aliphatic carbocycles. The van der Waals surface area contributed by atoms with Crippen molar-refractivity contribution in [3.05, 3.63) is 18.5 Å². The molecule has 0 aliphatic heterocycles. The molecule has 0 radical (unpaired) electrons. The lowest BCUT2D eigenvalue weighted by molar-refractivity contribution is 0.153. The van der Waals surface area contributed by atoms with Gasteiger partial charge in [-0.1, -0.05) is 13.8 Å². The maximum Gasteiger partial charge on any atom is 0.244 e. The van der Waals surface area contributed by atoms with E-state index in [1.165, 1.54) is 6.20 Å². The second-order valence-corrected chi connectivity index (χ2v) is 7.37. The van der Waals surface area contributed by atoms with Crippen molar-refractivity contribution >= 4 is 15.7 Å². The Balaban J connectivity index is 2.83. The van der Waals surface area contributed by atoms with Gasteiger partial charge < -0.3 is 10.1 Å². The average molecular weight is 315 g/mol. The predicted octanol–water partition coefficient (Wildman–Crippen LogP) is 1.85. The Morgan fingerprint density at radius 2 is 2.10 bits per heavy atom. The number of sulfonamides is 1. The van der Waals surface area contributed by atoms with Gasteiger partial charge in [0.2, 0.25) is 10.0 Å². The molecule has 0 unspecified atom stereocenters. The van der Waals surface area contributed by atoms with Crippen LogP contribution in [-0.2, 0) is 14.8 Å². The number of methoxy groups -OCH3 is 1. The summed E-state index contributed by atoms with van der Waals surface area (Å²) in [6.07, 6.45) is 3.71. The average Bonchev–Trinajstić information content (AvgIpc) is 2.44. The summed E-state index contributed by atoms with van der Waals surface area (Å²) in [5.74, 6) is 0. The molecule has 120 valence electrons. The van der Waals surface area contributed by atoms with E-state index in [2.05, 4.69) is 15.0 Å². The van der Waals surface area contributed by atoms with Gasteiger partial charge in [-0.15, -0.1) is 0 Å². The fourth-order valence-electron chi connectivity index (χ4n) is 1.77. The van der Waals surface area contributed by atoms with Crippen LogP contribution in [0.1, 0.15) is 27.2 Å². The van der Waals surface area contributed by atoms with E-state index in [4.69, 9.17) is 4.74 Å². The van der Waals surface area contributed by atoms with E-state index in [1.807, 2.05) is 20.8 Å².